The van der Waals surface area contributed by atoms with E-state index in [0.29, 0.717) is 6.61 Å². The molecular formula is C15H20BrClO. The predicted octanol–water partition coefficient (Wildman–Crippen LogP) is 5.20. The first-order valence-corrected chi connectivity index (χ1v) is 8.08. The van der Waals surface area contributed by atoms with Crippen LogP contribution in [0.1, 0.15) is 38.2 Å². The Kier molecular flexibility index (Phi) is 5.11. The second-order valence-corrected chi connectivity index (χ2v) is 6.43. The van der Waals surface area contributed by atoms with E-state index in [9.17, 15) is 0 Å². The van der Waals surface area contributed by atoms with Gasteiger partial charge < -0.3 is 4.74 Å². The maximum absolute atomic E-state index is 6.23. The van der Waals surface area contributed by atoms with Gasteiger partial charge in [-0.15, -0.1) is 0 Å². The molecule has 1 nitrogen and oxygen atoms in total. The second-order valence-electron chi connectivity index (χ2n) is 5.44. The molecule has 18 heavy (non-hydrogen) atoms. The largest absolute Gasteiger partial charge is 0.369 e. The Bertz CT molecular complexity index is 396. The van der Waals surface area contributed by atoms with Gasteiger partial charge in [0, 0.05) is 10.4 Å². The number of benzene rings is 1. The van der Waals surface area contributed by atoms with E-state index in [1.807, 2.05) is 18.2 Å². The molecule has 2 unspecified atom stereocenters. The molecule has 0 heterocycles. The van der Waals surface area contributed by atoms with Crippen LogP contribution in [0, 0.1) is 5.92 Å². The third-order valence-electron chi connectivity index (χ3n) is 3.73. The summed E-state index contributed by atoms with van der Waals surface area (Å²) in [7, 11) is 0. The quantitative estimate of drug-likeness (QED) is 0.689. The zero-order chi connectivity index (χ0) is 13.0. The van der Waals surface area contributed by atoms with E-state index in [1.165, 1.54) is 12.8 Å². The lowest BCUT2D eigenvalue weighted by molar-refractivity contribution is -0.0729. The Labute approximate surface area is 123 Å². The first kappa shape index (κ1) is 14.4. The topological polar surface area (TPSA) is 9.23 Å². The Morgan fingerprint density at radius 1 is 1.50 bits per heavy atom. The summed E-state index contributed by atoms with van der Waals surface area (Å²) in [6.45, 7) is 2.97. The van der Waals surface area contributed by atoms with Crippen molar-refractivity contribution in [1.29, 1.82) is 0 Å². The van der Waals surface area contributed by atoms with Gasteiger partial charge in [-0.1, -0.05) is 59.4 Å². The van der Waals surface area contributed by atoms with Gasteiger partial charge in [0.05, 0.1) is 12.2 Å². The zero-order valence-corrected chi connectivity index (χ0v) is 13.1. The van der Waals surface area contributed by atoms with E-state index in [0.717, 1.165) is 34.7 Å². The molecule has 0 aromatic heterocycles. The number of hydrogen-bond donors (Lipinski definition) is 0. The average Bonchev–Trinajstić information content (AvgIpc) is 2.37. The maximum Gasteiger partial charge on any atom is 0.0786 e. The van der Waals surface area contributed by atoms with Crippen LogP contribution in [0.3, 0.4) is 0 Å². The van der Waals surface area contributed by atoms with Gasteiger partial charge in [-0.2, -0.15) is 0 Å². The SMILES string of the molecule is CC1CCCC(CBr)(OCc2cccc(Cl)c2)C1. The number of hydrogen-bond acceptors (Lipinski definition) is 1. The highest BCUT2D eigenvalue weighted by atomic mass is 79.9. The fourth-order valence-electron chi connectivity index (χ4n) is 2.77. The third-order valence-corrected chi connectivity index (χ3v) is 4.98. The fourth-order valence-corrected chi connectivity index (χ4v) is 3.65. The lowest BCUT2D eigenvalue weighted by Crippen LogP contribution is -2.39. The van der Waals surface area contributed by atoms with Crippen LogP contribution in [0.4, 0.5) is 0 Å². The molecule has 3 heteroatoms. The molecule has 2 atom stereocenters. The van der Waals surface area contributed by atoms with Gasteiger partial charge in [-0.25, -0.2) is 0 Å². The molecule has 1 aromatic carbocycles. The molecule has 1 aliphatic carbocycles. The molecule has 1 aromatic rings. The lowest BCUT2D eigenvalue weighted by Gasteiger charge is -2.38. The monoisotopic (exact) mass is 330 g/mol. The van der Waals surface area contributed by atoms with Crippen LogP contribution < -0.4 is 0 Å². The molecule has 0 bridgehead atoms. The highest BCUT2D eigenvalue weighted by Gasteiger charge is 2.34. The molecule has 0 amide bonds. The Morgan fingerprint density at radius 2 is 2.33 bits per heavy atom. The summed E-state index contributed by atoms with van der Waals surface area (Å²) < 4.78 is 6.23. The highest BCUT2D eigenvalue weighted by molar-refractivity contribution is 9.09. The average molecular weight is 332 g/mol. The van der Waals surface area contributed by atoms with E-state index in [-0.39, 0.29) is 5.60 Å². The van der Waals surface area contributed by atoms with Crippen molar-refractivity contribution in [2.45, 2.75) is 44.8 Å². The van der Waals surface area contributed by atoms with Crippen molar-refractivity contribution in [2.24, 2.45) is 5.92 Å². The summed E-state index contributed by atoms with van der Waals surface area (Å²) >= 11 is 9.63. The number of ether oxygens (including phenoxy) is 1. The standard InChI is InChI=1S/C15H20BrClO/c1-12-4-3-7-15(9-12,11-16)18-10-13-5-2-6-14(17)8-13/h2,5-6,8,12H,3-4,7,9-11H2,1H3. The molecule has 100 valence electrons. The molecule has 0 radical (unpaired) electrons. The normalized spacial score (nSPS) is 28.3. The maximum atomic E-state index is 6.23. The number of halogens is 2. The predicted molar refractivity (Wildman–Crippen MR) is 80.4 cm³/mol. The van der Waals surface area contributed by atoms with Crippen LogP contribution in [-0.2, 0) is 11.3 Å². The van der Waals surface area contributed by atoms with E-state index in [1.54, 1.807) is 0 Å². The van der Waals surface area contributed by atoms with E-state index < -0.39 is 0 Å². The number of alkyl halides is 1. The van der Waals surface area contributed by atoms with E-state index in [2.05, 4.69) is 28.9 Å². The van der Waals surface area contributed by atoms with E-state index >= 15 is 0 Å². The Morgan fingerprint density at radius 3 is 3.00 bits per heavy atom. The molecule has 0 saturated heterocycles. The van der Waals surface area contributed by atoms with Crippen molar-refractivity contribution < 1.29 is 4.74 Å². The number of rotatable bonds is 4. The third kappa shape index (κ3) is 3.72. The van der Waals surface area contributed by atoms with Gasteiger partial charge in [-0.05, 0) is 36.5 Å². The van der Waals surface area contributed by atoms with Gasteiger partial charge in [-0.3, -0.25) is 0 Å². The minimum atomic E-state index is 0.0139. The van der Waals surface area contributed by atoms with Crippen LogP contribution in [-0.4, -0.2) is 10.9 Å². The van der Waals surface area contributed by atoms with Crippen molar-refractivity contribution in [3.63, 3.8) is 0 Å². The molecule has 1 fully saturated rings. The summed E-state index contributed by atoms with van der Waals surface area (Å²) in [6, 6.07) is 7.93. The van der Waals surface area contributed by atoms with Crippen LogP contribution in [0.25, 0.3) is 0 Å². The van der Waals surface area contributed by atoms with Crippen LogP contribution >= 0.6 is 27.5 Å². The van der Waals surface area contributed by atoms with Gasteiger partial charge >= 0.3 is 0 Å². The lowest BCUT2D eigenvalue weighted by atomic mass is 9.80. The molecule has 1 saturated carbocycles. The minimum Gasteiger partial charge on any atom is -0.369 e. The molecule has 1 aliphatic rings. The van der Waals surface area contributed by atoms with Crippen LogP contribution in [0.2, 0.25) is 5.02 Å². The zero-order valence-electron chi connectivity index (χ0n) is 10.8. The van der Waals surface area contributed by atoms with Crippen molar-refractivity contribution in [3.05, 3.63) is 34.9 Å². The summed E-state index contributed by atoms with van der Waals surface area (Å²) in [4.78, 5) is 0. The molecular weight excluding hydrogens is 312 g/mol. The summed E-state index contributed by atoms with van der Waals surface area (Å²) in [5, 5.41) is 1.70. The molecule has 0 aliphatic heterocycles. The van der Waals surface area contributed by atoms with Gasteiger partial charge in [0.15, 0.2) is 0 Å². The fraction of sp³-hybridized carbons (Fsp3) is 0.600. The van der Waals surface area contributed by atoms with Crippen molar-refractivity contribution in [2.75, 3.05) is 5.33 Å². The molecule has 2 rings (SSSR count). The smallest absolute Gasteiger partial charge is 0.0786 e. The Hall–Kier alpha value is -0.0500. The van der Waals surface area contributed by atoms with E-state index in [4.69, 9.17) is 16.3 Å². The summed E-state index contributed by atoms with van der Waals surface area (Å²) in [5.74, 6) is 0.760. The highest BCUT2D eigenvalue weighted by Crippen LogP contribution is 2.37. The summed E-state index contributed by atoms with van der Waals surface area (Å²) in [5.41, 5.74) is 1.17. The summed E-state index contributed by atoms with van der Waals surface area (Å²) in [6.07, 6.45) is 4.90. The van der Waals surface area contributed by atoms with Gasteiger partial charge in [0.1, 0.15) is 0 Å². The second kappa shape index (κ2) is 6.40. The van der Waals surface area contributed by atoms with Crippen molar-refractivity contribution >= 4 is 27.5 Å². The minimum absolute atomic E-state index is 0.0139. The first-order valence-electron chi connectivity index (χ1n) is 6.58. The van der Waals surface area contributed by atoms with Crippen LogP contribution in [0.15, 0.2) is 24.3 Å². The van der Waals surface area contributed by atoms with Gasteiger partial charge in [0.25, 0.3) is 0 Å². The van der Waals surface area contributed by atoms with Gasteiger partial charge in [0.2, 0.25) is 0 Å². The van der Waals surface area contributed by atoms with Crippen molar-refractivity contribution in [1.82, 2.24) is 0 Å². The molecule has 0 N–H and O–H groups in total. The van der Waals surface area contributed by atoms with Crippen molar-refractivity contribution in [3.8, 4) is 0 Å². The first-order chi connectivity index (χ1) is 8.63. The van der Waals surface area contributed by atoms with Crippen LogP contribution in [0.5, 0.6) is 0 Å². The Balaban J connectivity index is 1.98. The molecule has 0 spiro atoms.